The summed E-state index contributed by atoms with van der Waals surface area (Å²) in [4.78, 5) is 34.6. The van der Waals surface area contributed by atoms with Crippen LogP contribution in [0.25, 0.3) is 0 Å². The zero-order valence-corrected chi connectivity index (χ0v) is 13.8. The third-order valence-electron chi connectivity index (χ3n) is 3.57. The van der Waals surface area contributed by atoms with Crippen LogP contribution < -0.4 is 10.6 Å². The Hall–Kier alpha value is -2.37. The molecule has 0 aliphatic carbocycles. The number of benzene rings is 1. The normalized spacial score (nSPS) is 13.0. The van der Waals surface area contributed by atoms with Gasteiger partial charge in [-0.15, -0.1) is 0 Å². The van der Waals surface area contributed by atoms with Gasteiger partial charge in [-0.2, -0.15) is 0 Å². The molecular formula is C17H24N2O4. The molecular weight excluding hydrogens is 296 g/mol. The molecule has 0 saturated heterocycles. The number of nitrogens with one attached hydrogen (secondary N) is 2. The fraction of sp³-hybridized carbons (Fsp3) is 0.471. The highest BCUT2D eigenvalue weighted by molar-refractivity contribution is 5.97. The van der Waals surface area contributed by atoms with Gasteiger partial charge in [0.25, 0.3) is 5.91 Å². The maximum atomic E-state index is 12.0. The third kappa shape index (κ3) is 6.10. The van der Waals surface area contributed by atoms with Crippen LogP contribution in [0.4, 0.5) is 5.69 Å². The fourth-order valence-corrected chi connectivity index (χ4v) is 1.95. The molecule has 0 bridgehead atoms. The van der Waals surface area contributed by atoms with Crippen LogP contribution in [0.1, 0.15) is 50.4 Å². The van der Waals surface area contributed by atoms with Crippen molar-refractivity contribution in [3.63, 3.8) is 0 Å². The van der Waals surface area contributed by atoms with Crippen LogP contribution in [0, 0.1) is 5.92 Å². The second-order valence-corrected chi connectivity index (χ2v) is 5.64. The second kappa shape index (κ2) is 8.92. The first-order chi connectivity index (χ1) is 10.8. The van der Waals surface area contributed by atoms with Crippen LogP contribution in [-0.4, -0.2) is 28.9 Å². The van der Waals surface area contributed by atoms with E-state index in [2.05, 4.69) is 17.6 Å². The highest BCUT2D eigenvalue weighted by Gasteiger charge is 2.16. The number of hydrogen-bond donors (Lipinski definition) is 3. The Morgan fingerprint density at radius 3 is 2.26 bits per heavy atom. The van der Waals surface area contributed by atoms with E-state index >= 15 is 0 Å². The van der Waals surface area contributed by atoms with Gasteiger partial charge in [0.1, 0.15) is 6.04 Å². The smallest absolute Gasteiger partial charge is 0.325 e. The summed E-state index contributed by atoms with van der Waals surface area (Å²) in [7, 11) is 0. The van der Waals surface area contributed by atoms with E-state index < -0.39 is 17.9 Å². The first kappa shape index (κ1) is 18.7. The number of carbonyl (C=O) groups excluding carboxylic acids is 2. The Kier molecular flexibility index (Phi) is 7.25. The molecule has 2 atom stereocenters. The molecule has 0 spiro atoms. The van der Waals surface area contributed by atoms with Gasteiger partial charge in [0, 0.05) is 17.2 Å². The number of hydrogen-bond acceptors (Lipinski definition) is 3. The van der Waals surface area contributed by atoms with E-state index in [1.54, 1.807) is 24.3 Å². The van der Waals surface area contributed by atoms with Crippen LogP contribution >= 0.6 is 0 Å². The summed E-state index contributed by atoms with van der Waals surface area (Å²) >= 11 is 0. The summed E-state index contributed by atoms with van der Waals surface area (Å²) in [5, 5.41) is 14.0. The number of rotatable bonds is 8. The van der Waals surface area contributed by atoms with Crippen LogP contribution in [0.15, 0.2) is 24.3 Å². The Morgan fingerprint density at radius 1 is 1.13 bits per heavy atom. The van der Waals surface area contributed by atoms with Crippen molar-refractivity contribution in [2.24, 2.45) is 5.92 Å². The van der Waals surface area contributed by atoms with E-state index in [1.807, 2.05) is 6.92 Å². The van der Waals surface area contributed by atoms with E-state index in [0.29, 0.717) is 11.3 Å². The molecule has 0 heterocycles. The van der Waals surface area contributed by atoms with E-state index in [-0.39, 0.29) is 11.8 Å². The highest BCUT2D eigenvalue weighted by Crippen LogP contribution is 2.14. The van der Waals surface area contributed by atoms with Gasteiger partial charge < -0.3 is 15.7 Å². The van der Waals surface area contributed by atoms with Crippen LogP contribution in [0.3, 0.4) is 0 Å². The molecule has 0 saturated carbocycles. The number of carboxylic acid groups (broad SMARTS) is 1. The average molecular weight is 320 g/mol. The van der Waals surface area contributed by atoms with Gasteiger partial charge in [0.05, 0.1) is 0 Å². The van der Waals surface area contributed by atoms with Crippen LogP contribution in [0.5, 0.6) is 0 Å². The lowest BCUT2D eigenvalue weighted by molar-refractivity contribution is -0.138. The molecule has 0 radical (unpaired) electrons. The summed E-state index contributed by atoms with van der Waals surface area (Å²) in [5.74, 6) is -1.66. The molecule has 3 N–H and O–H groups in total. The molecule has 23 heavy (non-hydrogen) atoms. The molecule has 6 nitrogen and oxygen atoms in total. The summed E-state index contributed by atoms with van der Waals surface area (Å²) in [5.41, 5.74) is 0.955. The summed E-state index contributed by atoms with van der Waals surface area (Å²) in [6.45, 7) is 5.37. The fourth-order valence-electron chi connectivity index (χ4n) is 1.95. The lowest BCUT2D eigenvalue weighted by Crippen LogP contribution is -2.38. The van der Waals surface area contributed by atoms with E-state index in [0.717, 1.165) is 19.3 Å². The van der Waals surface area contributed by atoms with Crippen molar-refractivity contribution >= 4 is 23.5 Å². The maximum absolute atomic E-state index is 12.0. The highest BCUT2D eigenvalue weighted by atomic mass is 16.4. The monoisotopic (exact) mass is 320 g/mol. The van der Waals surface area contributed by atoms with Crippen molar-refractivity contribution in [3.8, 4) is 0 Å². The van der Waals surface area contributed by atoms with Gasteiger partial charge in [-0.25, -0.2) is 0 Å². The van der Waals surface area contributed by atoms with Gasteiger partial charge in [0.15, 0.2) is 0 Å². The van der Waals surface area contributed by atoms with Crippen LogP contribution in [0.2, 0.25) is 0 Å². The van der Waals surface area contributed by atoms with E-state index in [1.165, 1.54) is 6.92 Å². The molecule has 0 aromatic heterocycles. The second-order valence-electron chi connectivity index (χ2n) is 5.64. The Morgan fingerprint density at radius 2 is 1.74 bits per heavy atom. The molecule has 126 valence electrons. The van der Waals surface area contributed by atoms with Crippen LogP contribution in [-0.2, 0) is 9.59 Å². The van der Waals surface area contributed by atoms with Gasteiger partial charge in [-0.05, 0) is 37.6 Å². The van der Waals surface area contributed by atoms with Crippen molar-refractivity contribution in [1.82, 2.24) is 5.32 Å². The molecule has 0 aliphatic heterocycles. The minimum absolute atomic E-state index is 0.0462. The lowest BCUT2D eigenvalue weighted by atomic mass is 10.0. The summed E-state index contributed by atoms with van der Waals surface area (Å²) in [6, 6.07) is 5.41. The minimum Gasteiger partial charge on any atom is -0.480 e. The number of amides is 2. The van der Waals surface area contributed by atoms with Gasteiger partial charge in [0.2, 0.25) is 5.91 Å². The largest absolute Gasteiger partial charge is 0.480 e. The summed E-state index contributed by atoms with van der Waals surface area (Å²) < 4.78 is 0. The molecule has 1 aromatic carbocycles. The number of anilines is 1. The Bertz CT molecular complexity index is 554. The predicted octanol–water partition coefficient (Wildman–Crippen LogP) is 2.65. The maximum Gasteiger partial charge on any atom is 0.325 e. The number of unbranched alkanes of at least 4 members (excludes halogenated alkanes) is 1. The van der Waals surface area contributed by atoms with Gasteiger partial charge >= 0.3 is 5.97 Å². The Labute approximate surface area is 136 Å². The quantitative estimate of drug-likeness (QED) is 0.686. The van der Waals surface area contributed by atoms with Crippen molar-refractivity contribution in [2.45, 2.75) is 46.1 Å². The van der Waals surface area contributed by atoms with Crippen molar-refractivity contribution in [3.05, 3.63) is 29.8 Å². The molecule has 1 aromatic rings. The molecule has 6 heteroatoms. The average Bonchev–Trinajstić information content (AvgIpc) is 2.52. The van der Waals surface area contributed by atoms with Crippen molar-refractivity contribution in [1.29, 1.82) is 0 Å². The van der Waals surface area contributed by atoms with Gasteiger partial charge in [-0.3, -0.25) is 14.4 Å². The Balaban J connectivity index is 2.61. The van der Waals surface area contributed by atoms with Gasteiger partial charge in [-0.1, -0.05) is 26.7 Å². The standard InChI is InChI=1S/C17H24N2O4/c1-4-5-6-11(2)15(20)19-14-9-7-13(8-10-14)16(21)18-12(3)17(22)23/h7-12H,4-6H2,1-3H3,(H,18,21)(H,19,20)(H,22,23). The molecule has 2 amide bonds. The SMILES string of the molecule is CCCCC(C)C(=O)Nc1ccc(C(=O)NC(C)C(=O)O)cc1. The lowest BCUT2D eigenvalue weighted by Gasteiger charge is -2.12. The first-order valence-corrected chi connectivity index (χ1v) is 7.79. The predicted molar refractivity (Wildman–Crippen MR) is 88.3 cm³/mol. The van der Waals surface area contributed by atoms with Crippen molar-refractivity contribution in [2.75, 3.05) is 5.32 Å². The minimum atomic E-state index is -1.09. The van der Waals surface area contributed by atoms with E-state index in [4.69, 9.17) is 5.11 Å². The number of aliphatic carboxylic acids is 1. The van der Waals surface area contributed by atoms with Crippen molar-refractivity contribution < 1.29 is 19.5 Å². The zero-order chi connectivity index (χ0) is 17.4. The molecule has 0 aliphatic rings. The number of carboxylic acids is 1. The summed E-state index contributed by atoms with van der Waals surface area (Å²) in [6.07, 6.45) is 2.90. The first-order valence-electron chi connectivity index (χ1n) is 7.79. The molecule has 0 fully saturated rings. The molecule has 2 unspecified atom stereocenters. The number of carbonyl (C=O) groups is 3. The topological polar surface area (TPSA) is 95.5 Å². The zero-order valence-electron chi connectivity index (χ0n) is 13.8. The third-order valence-corrected chi connectivity index (χ3v) is 3.57. The molecule has 1 rings (SSSR count). The van der Waals surface area contributed by atoms with E-state index in [9.17, 15) is 14.4 Å².